The van der Waals surface area contributed by atoms with Crippen molar-refractivity contribution in [2.45, 2.75) is 17.9 Å². The van der Waals surface area contributed by atoms with Crippen LogP contribution in [0.25, 0.3) is 0 Å². The molecular formula is C16H20Cl2N4O4S. The average molecular weight is 435 g/mol. The second-order valence-electron chi connectivity index (χ2n) is 6.41. The quantitative estimate of drug-likeness (QED) is 0.769. The smallest absolute Gasteiger partial charge is 0.324 e. The van der Waals surface area contributed by atoms with E-state index >= 15 is 0 Å². The highest BCUT2D eigenvalue weighted by Crippen LogP contribution is 2.28. The predicted molar refractivity (Wildman–Crippen MR) is 101 cm³/mol. The lowest BCUT2D eigenvalue weighted by Gasteiger charge is -2.37. The largest absolute Gasteiger partial charge is 0.336 e. The molecule has 3 rings (SSSR count). The molecule has 3 amide bonds. The summed E-state index contributed by atoms with van der Waals surface area (Å²) in [5.74, 6) is -0.279. The summed E-state index contributed by atoms with van der Waals surface area (Å²) in [6.07, 6.45) is 0. The summed E-state index contributed by atoms with van der Waals surface area (Å²) in [7, 11) is -3.78. The van der Waals surface area contributed by atoms with Gasteiger partial charge in [0.2, 0.25) is 15.9 Å². The number of sulfonamides is 1. The number of nitrogens with one attached hydrogen (secondary N) is 1. The number of carbonyl (C=O) groups is 2. The fourth-order valence-electron chi connectivity index (χ4n) is 3.21. The first-order chi connectivity index (χ1) is 12.7. The van der Waals surface area contributed by atoms with Crippen molar-refractivity contribution in [3.05, 3.63) is 28.2 Å². The maximum Gasteiger partial charge on any atom is 0.324 e. The second-order valence-corrected chi connectivity index (χ2v) is 9.16. The molecule has 2 heterocycles. The summed E-state index contributed by atoms with van der Waals surface area (Å²) in [5, 5.41) is 3.01. The molecule has 1 aromatic carbocycles. The molecule has 1 unspecified atom stereocenters. The zero-order chi connectivity index (χ0) is 19.8. The number of carbonyl (C=O) groups excluding carboxylic acids is 2. The molecule has 1 aromatic rings. The first-order valence-electron chi connectivity index (χ1n) is 8.50. The SMILES string of the molecule is CC(C(=O)N1CCNC1=O)N1CCN(S(=O)(=O)c2cc(Cl)ccc2Cl)CC1. The van der Waals surface area contributed by atoms with Gasteiger partial charge in [0.15, 0.2) is 0 Å². The molecule has 1 N–H and O–H groups in total. The lowest BCUT2D eigenvalue weighted by atomic mass is 10.2. The minimum atomic E-state index is -3.78. The van der Waals surface area contributed by atoms with Gasteiger partial charge in [-0.05, 0) is 25.1 Å². The topological polar surface area (TPSA) is 90.0 Å². The van der Waals surface area contributed by atoms with Crippen LogP contribution in [0.2, 0.25) is 10.0 Å². The van der Waals surface area contributed by atoms with Gasteiger partial charge in [0, 0.05) is 44.3 Å². The minimum Gasteiger partial charge on any atom is -0.336 e. The lowest BCUT2D eigenvalue weighted by Crippen LogP contribution is -2.55. The van der Waals surface area contributed by atoms with Crippen molar-refractivity contribution in [1.29, 1.82) is 0 Å². The van der Waals surface area contributed by atoms with E-state index in [9.17, 15) is 18.0 Å². The summed E-state index contributed by atoms with van der Waals surface area (Å²) in [4.78, 5) is 27.2. The molecule has 2 aliphatic rings. The van der Waals surface area contributed by atoms with Gasteiger partial charge >= 0.3 is 6.03 Å². The summed E-state index contributed by atoms with van der Waals surface area (Å²) in [6.45, 7) is 3.71. The van der Waals surface area contributed by atoms with Crippen LogP contribution in [0.5, 0.6) is 0 Å². The highest BCUT2D eigenvalue weighted by Gasteiger charge is 2.36. The molecule has 2 saturated heterocycles. The van der Waals surface area contributed by atoms with E-state index in [0.29, 0.717) is 31.2 Å². The van der Waals surface area contributed by atoms with Gasteiger partial charge in [-0.3, -0.25) is 14.6 Å². The summed E-state index contributed by atoms with van der Waals surface area (Å²) >= 11 is 12.0. The number of nitrogens with zero attached hydrogens (tertiary/aromatic N) is 3. The molecule has 0 radical (unpaired) electrons. The van der Waals surface area contributed by atoms with E-state index < -0.39 is 16.1 Å². The molecule has 0 bridgehead atoms. The number of piperazine rings is 1. The van der Waals surface area contributed by atoms with E-state index in [4.69, 9.17) is 23.2 Å². The second kappa shape index (κ2) is 7.92. The van der Waals surface area contributed by atoms with Gasteiger partial charge in [-0.25, -0.2) is 13.2 Å². The predicted octanol–water partition coefficient (Wildman–Crippen LogP) is 1.24. The van der Waals surface area contributed by atoms with Crippen LogP contribution < -0.4 is 5.32 Å². The van der Waals surface area contributed by atoms with Gasteiger partial charge in [0.05, 0.1) is 11.1 Å². The number of rotatable bonds is 4. The van der Waals surface area contributed by atoms with Crippen molar-refractivity contribution in [3.63, 3.8) is 0 Å². The van der Waals surface area contributed by atoms with Crippen LogP contribution in [0.3, 0.4) is 0 Å². The fourth-order valence-corrected chi connectivity index (χ4v) is 5.37. The molecule has 11 heteroatoms. The molecule has 0 spiro atoms. The number of urea groups is 1. The van der Waals surface area contributed by atoms with E-state index in [-0.39, 0.29) is 34.9 Å². The molecule has 27 heavy (non-hydrogen) atoms. The van der Waals surface area contributed by atoms with Crippen LogP contribution in [0.4, 0.5) is 4.79 Å². The lowest BCUT2D eigenvalue weighted by molar-refractivity contribution is -0.133. The van der Waals surface area contributed by atoms with Crippen LogP contribution in [0, 0.1) is 0 Å². The van der Waals surface area contributed by atoms with Crippen molar-refractivity contribution < 1.29 is 18.0 Å². The normalized spacial score (nSPS) is 20.6. The Hall–Kier alpha value is -1.39. The maximum absolute atomic E-state index is 12.9. The van der Waals surface area contributed by atoms with Gasteiger partial charge in [0.1, 0.15) is 4.90 Å². The number of amides is 3. The van der Waals surface area contributed by atoms with Crippen LogP contribution in [0.15, 0.2) is 23.1 Å². The molecule has 0 aliphatic carbocycles. The molecule has 2 aliphatic heterocycles. The van der Waals surface area contributed by atoms with Crippen LogP contribution in [-0.2, 0) is 14.8 Å². The van der Waals surface area contributed by atoms with Gasteiger partial charge in [0.25, 0.3) is 0 Å². The zero-order valence-electron chi connectivity index (χ0n) is 14.7. The third kappa shape index (κ3) is 4.07. The van der Waals surface area contributed by atoms with E-state index in [1.54, 1.807) is 6.92 Å². The van der Waals surface area contributed by atoms with E-state index in [2.05, 4.69) is 5.32 Å². The molecular weight excluding hydrogens is 415 g/mol. The van der Waals surface area contributed by atoms with Gasteiger partial charge in [-0.1, -0.05) is 23.2 Å². The Kier molecular flexibility index (Phi) is 5.97. The van der Waals surface area contributed by atoms with Crippen molar-refractivity contribution >= 4 is 45.2 Å². The van der Waals surface area contributed by atoms with Gasteiger partial charge < -0.3 is 5.32 Å². The van der Waals surface area contributed by atoms with E-state index in [0.717, 1.165) is 0 Å². The highest BCUT2D eigenvalue weighted by atomic mass is 35.5. The molecule has 0 aromatic heterocycles. The monoisotopic (exact) mass is 434 g/mol. The van der Waals surface area contributed by atoms with Crippen LogP contribution in [0.1, 0.15) is 6.92 Å². The summed E-state index contributed by atoms with van der Waals surface area (Å²) in [6, 6.07) is 3.43. The molecule has 1 atom stereocenters. The molecule has 2 fully saturated rings. The standard InChI is InChI=1S/C16H20Cl2N4O4S/c1-11(15(23)22-5-4-19-16(22)24)20-6-8-21(9-7-20)27(25,26)14-10-12(17)2-3-13(14)18/h2-3,10-11H,4-9H2,1H3,(H,19,24). The van der Waals surface area contributed by atoms with Gasteiger partial charge in [-0.15, -0.1) is 0 Å². The van der Waals surface area contributed by atoms with Crippen molar-refractivity contribution in [3.8, 4) is 0 Å². The number of hydrogen-bond acceptors (Lipinski definition) is 5. The number of hydrogen-bond donors (Lipinski definition) is 1. The Bertz CT molecular complexity index is 856. The molecule has 0 saturated carbocycles. The summed E-state index contributed by atoms with van der Waals surface area (Å²) in [5.41, 5.74) is 0. The Morgan fingerprint density at radius 3 is 2.41 bits per heavy atom. The first kappa shape index (κ1) is 20.3. The van der Waals surface area contributed by atoms with Crippen molar-refractivity contribution in [1.82, 2.24) is 19.4 Å². The minimum absolute atomic E-state index is 0.0250. The first-order valence-corrected chi connectivity index (χ1v) is 10.7. The van der Waals surface area contributed by atoms with Crippen LogP contribution in [-0.4, -0.2) is 79.8 Å². The Morgan fingerprint density at radius 1 is 1.15 bits per heavy atom. The third-order valence-electron chi connectivity index (χ3n) is 4.81. The Labute approximate surface area is 168 Å². The average Bonchev–Trinajstić information content (AvgIpc) is 3.08. The highest BCUT2D eigenvalue weighted by molar-refractivity contribution is 7.89. The van der Waals surface area contributed by atoms with E-state index in [1.165, 1.54) is 27.4 Å². The Balaban J connectivity index is 1.67. The number of imide groups is 1. The maximum atomic E-state index is 12.9. The third-order valence-corrected chi connectivity index (χ3v) is 7.43. The van der Waals surface area contributed by atoms with Crippen LogP contribution >= 0.6 is 23.2 Å². The van der Waals surface area contributed by atoms with Crippen molar-refractivity contribution in [2.75, 3.05) is 39.3 Å². The number of benzene rings is 1. The molecule has 148 valence electrons. The fraction of sp³-hybridized carbons (Fsp3) is 0.500. The zero-order valence-corrected chi connectivity index (χ0v) is 17.0. The summed E-state index contributed by atoms with van der Waals surface area (Å²) < 4.78 is 27.1. The van der Waals surface area contributed by atoms with Crippen molar-refractivity contribution in [2.24, 2.45) is 0 Å². The van der Waals surface area contributed by atoms with E-state index in [1.807, 2.05) is 4.90 Å². The number of halogens is 2. The van der Waals surface area contributed by atoms with Gasteiger partial charge in [-0.2, -0.15) is 4.31 Å². The Morgan fingerprint density at radius 2 is 1.81 bits per heavy atom. The molecule has 8 nitrogen and oxygen atoms in total.